The molecule has 0 radical (unpaired) electrons. The van der Waals surface area contributed by atoms with Crippen molar-refractivity contribution in [3.63, 3.8) is 0 Å². The van der Waals surface area contributed by atoms with Crippen molar-refractivity contribution in [3.8, 4) is 0 Å². The van der Waals surface area contributed by atoms with Crippen LogP contribution in [-0.2, 0) is 63.6 Å². The molecule has 2 fully saturated rings. The van der Waals surface area contributed by atoms with Crippen LogP contribution in [0.2, 0.25) is 0 Å². The summed E-state index contributed by atoms with van der Waals surface area (Å²) < 4.78 is 22.5. The van der Waals surface area contributed by atoms with Crippen molar-refractivity contribution >= 4 is 24.4 Å². The van der Waals surface area contributed by atoms with Gasteiger partial charge in [0.15, 0.2) is 0 Å². The number of fused-ring (bicyclic) bond motifs is 6. The zero-order valence-electron chi connectivity index (χ0n) is 39.8. The van der Waals surface area contributed by atoms with Gasteiger partial charge in [0.2, 0.25) is 0 Å². The van der Waals surface area contributed by atoms with Crippen molar-refractivity contribution in [1.82, 2.24) is 0 Å². The van der Waals surface area contributed by atoms with Gasteiger partial charge in [0.25, 0.3) is 6.47 Å². The van der Waals surface area contributed by atoms with E-state index in [0.717, 1.165) is 127 Å². The van der Waals surface area contributed by atoms with E-state index < -0.39 is 10.8 Å². The summed E-state index contributed by atoms with van der Waals surface area (Å²) >= 11 is 0. The highest BCUT2D eigenvalue weighted by Crippen LogP contribution is 2.59. The molecular weight excluding hydrogens is 777 g/mol. The van der Waals surface area contributed by atoms with Gasteiger partial charge in [-0.25, -0.2) is 4.79 Å². The summed E-state index contributed by atoms with van der Waals surface area (Å²) in [5.74, 6) is 0.539. The lowest BCUT2D eigenvalue weighted by atomic mass is 9.49. The van der Waals surface area contributed by atoms with Gasteiger partial charge in [-0.15, -0.1) is 0 Å². The van der Waals surface area contributed by atoms with E-state index in [1.165, 1.54) is 34.9 Å². The smallest absolute Gasteiger partial charge is 0.338 e. The van der Waals surface area contributed by atoms with Gasteiger partial charge in [-0.3, -0.25) is 14.4 Å². The Morgan fingerprint density at radius 2 is 1.10 bits per heavy atom. The number of carbonyl (C=O) groups is 4. The maximum atomic E-state index is 13.9. The molecule has 2 saturated carbocycles. The first-order chi connectivity index (χ1) is 29.5. The predicted octanol–water partition coefficient (Wildman–Crippen LogP) is 12.3. The van der Waals surface area contributed by atoms with Gasteiger partial charge < -0.3 is 18.9 Å². The molecule has 2 aromatic carbocycles. The molecule has 8 nitrogen and oxygen atoms in total. The molecule has 4 aliphatic rings. The molecule has 0 aliphatic heterocycles. The van der Waals surface area contributed by atoms with Crippen molar-refractivity contribution < 1.29 is 38.1 Å². The van der Waals surface area contributed by atoms with Crippen molar-refractivity contribution in [2.45, 2.75) is 200 Å². The van der Waals surface area contributed by atoms with Crippen LogP contribution in [0.3, 0.4) is 0 Å². The monoisotopic (exact) mass is 855 g/mol. The topological polar surface area (TPSA) is 105 Å². The second kappa shape index (κ2) is 20.0. The highest BCUT2D eigenvalue weighted by molar-refractivity contribution is 5.92. The molecule has 2 aromatic rings. The second-order valence-electron chi connectivity index (χ2n) is 21.2. The summed E-state index contributed by atoms with van der Waals surface area (Å²) in [4.78, 5) is 51.7. The van der Waals surface area contributed by atoms with Crippen LogP contribution >= 0.6 is 0 Å². The van der Waals surface area contributed by atoms with Crippen molar-refractivity contribution in [2.75, 3.05) is 20.3 Å². The molecule has 8 heteroatoms. The predicted molar refractivity (Wildman–Crippen MR) is 244 cm³/mol. The van der Waals surface area contributed by atoms with Crippen LogP contribution in [0.4, 0.5) is 0 Å². The minimum Gasteiger partial charge on any atom is -0.465 e. The zero-order valence-corrected chi connectivity index (χ0v) is 39.8. The molecule has 0 saturated heterocycles. The maximum Gasteiger partial charge on any atom is 0.338 e. The molecule has 0 N–H and O–H groups in total. The molecule has 6 atom stereocenters. The van der Waals surface area contributed by atoms with E-state index in [4.69, 9.17) is 18.9 Å². The zero-order chi connectivity index (χ0) is 44.9. The Labute approximate surface area is 373 Å². The number of hydrogen-bond donors (Lipinski definition) is 0. The molecule has 6 unspecified atom stereocenters. The number of unbranched alkanes of at least 4 members (excludes halogenated alkanes) is 7. The van der Waals surface area contributed by atoms with Gasteiger partial charge in [0.05, 0.1) is 36.7 Å². The first-order valence-electron chi connectivity index (χ1n) is 24.4. The fraction of sp³-hybridized carbons (Fsp3) is 0.704. The van der Waals surface area contributed by atoms with Crippen molar-refractivity contribution in [1.29, 1.82) is 0 Å². The molecule has 0 bridgehead atoms. The fourth-order valence-corrected chi connectivity index (χ4v) is 13.1. The fourth-order valence-electron chi connectivity index (χ4n) is 13.1. The number of hydrogen-bond acceptors (Lipinski definition) is 8. The molecule has 6 rings (SSSR count). The van der Waals surface area contributed by atoms with Crippen molar-refractivity contribution in [2.24, 2.45) is 22.7 Å². The molecular formula is C54H78O8. The quantitative estimate of drug-likeness (QED) is 0.0595. The number of carbonyl (C=O) groups excluding carboxylic acids is 4. The molecule has 0 spiro atoms. The van der Waals surface area contributed by atoms with Gasteiger partial charge in [-0.1, -0.05) is 111 Å². The van der Waals surface area contributed by atoms with E-state index in [9.17, 15) is 19.2 Å². The van der Waals surface area contributed by atoms with E-state index in [-0.39, 0.29) is 53.1 Å². The standard InChI is InChI=1S/C54H78O8/c1-36(2)41-30-38-20-22-46-51(5,44(38)32-40(41)34-60-35-55)24-18-26-53(46,7)49(57)61-28-16-14-12-10-11-13-15-17-29-62-50(58)54(8)27-19-25-52(6)45-33-43(48(56)59-9)42(37(3)4)31-39(45)21-23-47(52)54/h30-33,35-37,46-47H,10-29,34H2,1-9H3. The summed E-state index contributed by atoms with van der Waals surface area (Å²) in [6, 6.07) is 8.93. The highest BCUT2D eigenvalue weighted by Gasteiger charge is 2.57. The lowest BCUT2D eigenvalue weighted by molar-refractivity contribution is -0.165. The molecule has 62 heavy (non-hydrogen) atoms. The minimum atomic E-state index is -0.546. The Kier molecular flexibility index (Phi) is 15.4. The number of rotatable bonds is 19. The van der Waals surface area contributed by atoms with Crippen LogP contribution in [-0.4, -0.2) is 44.7 Å². The van der Waals surface area contributed by atoms with E-state index in [1.54, 1.807) is 0 Å². The molecule has 0 heterocycles. The van der Waals surface area contributed by atoms with E-state index in [1.807, 2.05) is 0 Å². The van der Waals surface area contributed by atoms with Gasteiger partial charge in [-0.05, 0) is 158 Å². The molecule has 0 amide bonds. The molecule has 4 aliphatic carbocycles. The summed E-state index contributed by atoms with van der Waals surface area (Å²) in [5, 5.41) is 0. The van der Waals surface area contributed by atoms with Crippen LogP contribution in [0.5, 0.6) is 0 Å². The molecule has 342 valence electrons. The largest absolute Gasteiger partial charge is 0.465 e. The molecule has 0 aromatic heterocycles. The Hall–Kier alpha value is -3.68. The van der Waals surface area contributed by atoms with Gasteiger partial charge in [0, 0.05) is 0 Å². The van der Waals surface area contributed by atoms with Crippen LogP contribution < -0.4 is 0 Å². The van der Waals surface area contributed by atoms with Gasteiger partial charge >= 0.3 is 17.9 Å². The number of methoxy groups -OCH3 is 1. The number of esters is 3. The third kappa shape index (κ3) is 9.41. The summed E-state index contributed by atoms with van der Waals surface area (Å²) in [6.07, 6.45) is 17.9. The Balaban J connectivity index is 0.898. The van der Waals surface area contributed by atoms with Crippen LogP contribution in [0.25, 0.3) is 0 Å². The summed E-state index contributed by atoms with van der Waals surface area (Å²) in [6.45, 7) is 19.3. The summed E-state index contributed by atoms with van der Waals surface area (Å²) in [5.41, 5.74) is 7.87. The van der Waals surface area contributed by atoms with Crippen molar-refractivity contribution in [3.05, 3.63) is 68.8 Å². The average molecular weight is 855 g/mol. The number of aryl methyl sites for hydroxylation is 2. The first-order valence-corrected chi connectivity index (χ1v) is 24.4. The number of ether oxygens (including phenoxy) is 4. The lowest BCUT2D eigenvalue weighted by Crippen LogP contribution is -2.53. The third-order valence-electron chi connectivity index (χ3n) is 16.5. The van der Waals surface area contributed by atoms with E-state index in [2.05, 4.69) is 79.7 Å². The van der Waals surface area contributed by atoms with Gasteiger partial charge in [-0.2, -0.15) is 0 Å². The van der Waals surface area contributed by atoms with Crippen LogP contribution in [0.1, 0.15) is 219 Å². The third-order valence-corrected chi connectivity index (χ3v) is 16.5. The van der Waals surface area contributed by atoms with Crippen LogP contribution in [0, 0.1) is 22.7 Å². The normalized spacial score (nSPS) is 27.7. The Bertz CT molecular complexity index is 1930. The van der Waals surface area contributed by atoms with E-state index >= 15 is 0 Å². The lowest BCUT2D eigenvalue weighted by Gasteiger charge is -2.54. The first kappa shape index (κ1) is 47.8. The van der Waals surface area contributed by atoms with Crippen LogP contribution in [0.15, 0.2) is 24.3 Å². The van der Waals surface area contributed by atoms with Gasteiger partial charge in [0.1, 0.15) is 6.61 Å². The average Bonchev–Trinajstić information content (AvgIpc) is 3.24. The second-order valence-corrected chi connectivity index (χ2v) is 21.2. The SMILES string of the molecule is COC(=O)c1cc2c(cc1C(C)C)CCC1C(C)(C(=O)OCCCCCCCCCCOC(=O)C3(C)CCCC4(C)c5cc(COC=O)c(C(C)C)cc5CCC34)CCCC21C. The minimum absolute atomic E-state index is 0.0362. The maximum absolute atomic E-state index is 13.9. The Morgan fingerprint density at radius 3 is 1.55 bits per heavy atom. The summed E-state index contributed by atoms with van der Waals surface area (Å²) in [7, 11) is 1.45. The van der Waals surface area contributed by atoms with E-state index in [0.29, 0.717) is 31.2 Å². The highest BCUT2D eigenvalue weighted by atomic mass is 16.5. The Morgan fingerprint density at radius 1 is 0.645 bits per heavy atom. The number of benzene rings is 2.